The number of carbonyl (C=O) groups is 1. The molecule has 1 aliphatic carbocycles. The molecule has 0 bridgehead atoms. The number of rotatable bonds is 6. The average molecular weight is 412 g/mol. The van der Waals surface area contributed by atoms with E-state index in [1.807, 2.05) is 30.3 Å². The monoisotopic (exact) mass is 411 g/mol. The quantitative estimate of drug-likeness (QED) is 0.543. The summed E-state index contributed by atoms with van der Waals surface area (Å²) in [6.07, 6.45) is 2.79. The van der Waals surface area contributed by atoms with Gasteiger partial charge in [-0.05, 0) is 35.6 Å². The van der Waals surface area contributed by atoms with Crippen molar-refractivity contribution >= 4 is 38.7 Å². The number of allylic oxidation sites excluding steroid dienone is 1. The molecule has 2 aromatic carbocycles. The molecule has 0 aliphatic heterocycles. The van der Waals surface area contributed by atoms with Gasteiger partial charge in [-0.25, -0.2) is 8.42 Å². The fraction of sp³-hybridized carbons (Fsp3) is 0.0500. The summed E-state index contributed by atoms with van der Waals surface area (Å²) in [5, 5.41) is 1.68. The van der Waals surface area contributed by atoms with Crippen molar-refractivity contribution in [2.45, 2.75) is 10.6 Å². The van der Waals surface area contributed by atoms with Crippen LogP contribution in [0.2, 0.25) is 0 Å². The van der Waals surface area contributed by atoms with Crippen LogP contribution < -0.4 is 15.6 Å². The highest BCUT2D eigenvalue weighted by molar-refractivity contribution is 7.94. The summed E-state index contributed by atoms with van der Waals surface area (Å²) in [7, 11) is -3.74. The minimum atomic E-state index is -3.74. The first-order valence-electron chi connectivity index (χ1n) is 8.55. The number of benzene rings is 2. The Morgan fingerprint density at radius 2 is 1.75 bits per heavy atom. The highest BCUT2D eigenvalue weighted by Gasteiger charge is 2.20. The van der Waals surface area contributed by atoms with Crippen LogP contribution in [0.25, 0.3) is 5.70 Å². The maximum Gasteiger partial charge on any atom is 0.271 e. The van der Waals surface area contributed by atoms with Crippen molar-refractivity contribution in [2.24, 2.45) is 0 Å². The number of nitrogens with one attached hydrogen (secondary N) is 3. The van der Waals surface area contributed by atoms with Gasteiger partial charge in [-0.1, -0.05) is 48.5 Å². The lowest BCUT2D eigenvalue weighted by Gasteiger charge is -2.14. The molecule has 1 amide bonds. The Hall–Kier alpha value is -3.10. The molecule has 28 heavy (non-hydrogen) atoms. The Kier molecular flexibility index (Phi) is 4.89. The Morgan fingerprint density at radius 1 is 0.964 bits per heavy atom. The van der Waals surface area contributed by atoms with Crippen LogP contribution in [0.1, 0.15) is 21.5 Å². The summed E-state index contributed by atoms with van der Waals surface area (Å²) in [5.41, 5.74) is 9.08. The van der Waals surface area contributed by atoms with Crippen molar-refractivity contribution in [1.82, 2.24) is 10.9 Å². The third-order valence-electron chi connectivity index (χ3n) is 4.32. The summed E-state index contributed by atoms with van der Waals surface area (Å²) in [4.78, 5) is 12.7. The number of carbonyl (C=O) groups excluding carboxylic acids is 1. The van der Waals surface area contributed by atoms with Crippen molar-refractivity contribution in [3.8, 4) is 0 Å². The molecule has 4 rings (SSSR count). The second-order valence-electron chi connectivity index (χ2n) is 6.14. The molecule has 0 unspecified atom stereocenters. The van der Waals surface area contributed by atoms with E-state index in [2.05, 4.69) is 15.6 Å². The third-order valence-corrected chi connectivity index (χ3v) is 7.08. The van der Waals surface area contributed by atoms with E-state index in [1.54, 1.807) is 35.7 Å². The van der Waals surface area contributed by atoms with Gasteiger partial charge in [0.1, 0.15) is 4.21 Å². The molecule has 1 heterocycles. The van der Waals surface area contributed by atoms with Gasteiger partial charge in [0.25, 0.3) is 15.9 Å². The summed E-state index contributed by atoms with van der Waals surface area (Å²) >= 11 is 1.11. The molecule has 3 N–H and O–H groups in total. The number of thiophene rings is 1. The van der Waals surface area contributed by atoms with Crippen LogP contribution in [0, 0.1) is 0 Å². The van der Waals surface area contributed by atoms with Gasteiger partial charge in [0.05, 0.1) is 16.9 Å². The SMILES string of the molecule is O=C(NNC1=CCc2ccccc21)c1ccccc1NS(=O)(=O)c1cccs1. The van der Waals surface area contributed by atoms with Crippen molar-refractivity contribution in [3.05, 3.63) is 88.8 Å². The fourth-order valence-corrected chi connectivity index (χ4v) is 5.05. The molecular weight excluding hydrogens is 394 g/mol. The second kappa shape index (κ2) is 7.49. The van der Waals surface area contributed by atoms with E-state index in [4.69, 9.17) is 0 Å². The number of anilines is 1. The number of hydrogen-bond acceptors (Lipinski definition) is 5. The molecule has 0 spiro atoms. The first-order chi connectivity index (χ1) is 13.5. The van der Waals surface area contributed by atoms with Crippen molar-refractivity contribution in [3.63, 3.8) is 0 Å². The maximum atomic E-state index is 12.7. The molecule has 0 saturated heterocycles. The largest absolute Gasteiger partial charge is 0.298 e. The van der Waals surface area contributed by atoms with E-state index in [0.29, 0.717) is 0 Å². The van der Waals surface area contributed by atoms with Crippen LogP contribution in [-0.2, 0) is 16.4 Å². The number of para-hydroxylation sites is 1. The van der Waals surface area contributed by atoms with E-state index in [-0.39, 0.29) is 15.5 Å². The smallest absolute Gasteiger partial charge is 0.271 e. The van der Waals surface area contributed by atoms with Crippen LogP contribution in [-0.4, -0.2) is 14.3 Å². The van der Waals surface area contributed by atoms with Gasteiger partial charge in [-0.15, -0.1) is 11.3 Å². The number of hydrazine groups is 1. The van der Waals surface area contributed by atoms with E-state index >= 15 is 0 Å². The summed E-state index contributed by atoms with van der Waals surface area (Å²) < 4.78 is 27.7. The predicted octanol–water partition coefficient (Wildman–Crippen LogP) is 3.38. The van der Waals surface area contributed by atoms with Crippen LogP contribution >= 0.6 is 11.3 Å². The first-order valence-corrected chi connectivity index (χ1v) is 10.9. The van der Waals surface area contributed by atoms with Gasteiger partial charge in [0, 0.05) is 5.56 Å². The molecule has 1 aliphatic rings. The Balaban J connectivity index is 1.50. The molecule has 8 heteroatoms. The minimum absolute atomic E-state index is 0.188. The van der Waals surface area contributed by atoms with E-state index in [0.717, 1.165) is 29.0 Å². The maximum absolute atomic E-state index is 12.7. The van der Waals surface area contributed by atoms with Crippen LogP contribution in [0.4, 0.5) is 5.69 Å². The van der Waals surface area contributed by atoms with Gasteiger partial charge in [0.15, 0.2) is 0 Å². The number of amides is 1. The Morgan fingerprint density at radius 3 is 2.57 bits per heavy atom. The van der Waals surface area contributed by atoms with Crippen LogP contribution in [0.3, 0.4) is 0 Å². The molecular formula is C20H17N3O3S2. The normalized spacial score (nSPS) is 12.8. The summed E-state index contributed by atoms with van der Waals surface area (Å²) in [6.45, 7) is 0. The van der Waals surface area contributed by atoms with Crippen molar-refractivity contribution in [1.29, 1.82) is 0 Å². The van der Waals surface area contributed by atoms with Crippen molar-refractivity contribution < 1.29 is 13.2 Å². The van der Waals surface area contributed by atoms with E-state index < -0.39 is 15.9 Å². The zero-order chi connectivity index (χ0) is 19.6. The Bertz CT molecular complexity index is 1150. The highest BCUT2D eigenvalue weighted by Crippen LogP contribution is 2.25. The van der Waals surface area contributed by atoms with Crippen LogP contribution in [0.5, 0.6) is 0 Å². The number of sulfonamides is 1. The van der Waals surface area contributed by atoms with Gasteiger partial charge in [0.2, 0.25) is 0 Å². The molecule has 0 radical (unpaired) electrons. The lowest BCUT2D eigenvalue weighted by molar-refractivity contribution is 0.0943. The first kappa shape index (κ1) is 18.3. The standard InChI is InChI=1S/C20H17N3O3S2/c24-20(22-21-17-12-11-14-6-1-2-7-15(14)17)16-8-3-4-9-18(16)23-28(25,26)19-10-5-13-27-19/h1-10,12-13,21,23H,11H2,(H,22,24). The van der Waals surface area contributed by atoms with E-state index in [9.17, 15) is 13.2 Å². The fourth-order valence-electron chi connectivity index (χ4n) is 2.97. The summed E-state index contributed by atoms with van der Waals surface area (Å²) in [5.74, 6) is -0.435. The van der Waals surface area contributed by atoms with Crippen LogP contribution in [0.15, 0.2) is 76.3 Å². The lowest BCUT2D eigenvalue weighted by atomic mass is 10.1. The zero-order valence-electron chi connectivity index (χ0n) is 14.7. The van der Waals surface area contributed by atoms with E-state index in [1.165, 1.54) is 11.6 Å². The topological polar surface area (TPSA) is 87.3 Å². The van der Waals surface area contributed by atoms with Gasteiger partial charge < -0.3 is 0 Å². The third kappa shape index (κ3) is 3.64. The molecule has 0 atom stereocenters. The molecule has 3 aromatic rings. The van der Waals surface area contributed by atoms with Gasteiger partial charge in [-0.2, -0.15) is 0 Å². The van der Waals surface area contributed by atoms with Crippen molar-refractivity contribution in [2.75, 3.05) is 4.72 Å². The lowest BCUT2D eigenvalue weighted by Crippen LogP contribution is -2.36. The van der Waals surface area contributed by atoms with Gasteiger partial charge in [-0.3, -0.25) is 20.4 Å². The molecule has 0 saturated carbocycles. The molecule has 0 fully saturated rings. The zero-order valence-corrected chi connectivity index (χ0v) is 16.3. The Labute approximate surface area is 166 Å². The molecule has 6 nitrogen and oxygen atoms in total. The predicted molar refractivity (Wildman–Crippen MR) is 110 cm³/mol. The second-order valence-corrected chi connectivity index (χ2v) is 9.00. The minimum Gasteiger partial charge on any atom is -0.298 e. The molecule has 1 aromatic heterocycles. The number of hydrogen-bond donors (Lipinski definition) is 3. The van der Waals surface area contributed by atoms with Gasteiger partial charge >= 0.3 is 0 Å². The number of fused-ring (bicyclic) bond motifs is 1. The average Bonchev–Trinajstić information content (AvgIpc) is 3.37. The summed E-state index contributed by atoms with van der Waals surface area (Å²) in [6, 6.07) is 17.6. The molecule has 142 valence electrons. The highest BCUT2D eigenvalue weighted by atomic mass is 32.2.